The van der Waals surface area contributed by atoms with Gasteiger partial charge in [-0.25, -0.2) is 0 Å². The summed E-state index contributed by atoms with van der Waals surface area (Å²) in [5.41, 5.74) is 7.61. The zero-order valence-corrected chi connectivity index (χ0v) is 30.3. The van der Waals surface area contributed by atoms with Gasteiger partial charge in [-0.15, -0.1) is 0 Å². The van der Waals surface area contributed by atoms with Crippen LogP contribution in [0, 0.1) is 0 Å². The molecule has 0 aromatic carbocycles. The quantitative estimate of drug-likeness (QED) is 0.129. The minimum Gasteiger partial charge on any atom is -0.379 e. The number of rotatable bonds is 20. The summed E-state index contributed by atoms with van der Waals surface area (Å²) in [5.74, 6) is 0. The average Bonchev–Trinajstić information content (AvgIpc) is 2.95. The van der Waals surface area contributed by atoms with Crippen molar-refractivity contribution in [1.29, 1.82) is 0 Å². The van der Waals surface area contributed by atoms with Gasteiger partial charge in [0.25, 0.3) is 0 Å². The normalized spacial score (nSPS) is 15.9. The van der Waals surface area contributed by atoms with Gasteiger partial charge in [0.05, 0.1) is 11.2 Å². The molecule has 0 aliphatic carbocycles. The number of hydrogen-bond donors (Lipinski definition) is 0. The van der Waals surface area contributed by atoms with Crippen LogP contribution in [0.4, 0.5) is 0 Å². The van der Waals surface area contributed by atoms with Crippen LogP contribution in [-0.2, 0) is 9.47 Å². The molecular weight excluding hydrogens is 536 g/mol. The van der Waals surface area contributed by atoms with Crippen LogP contribution >= 0.6 is 0 Å². The van der Waals surface area contributed by atoms with E-state index in [1.54, 1.807) is 14.2 Å². The molecule has 44 heavy (non-hydrogen) atoms. The number of hydrogen-bond acceptors (Lipinski definition) is 2. The Hall–Kier alpha value is -2.94. The van der Waals surface area contributed by atoms with Crippen LogP contribution in [0.3, 0.4) is 0 Å². The molecule has 0 aromatic heterocycles. The van der Waals surface area contributed by atoms with Gasteiger partial charge in [0.2, 0.25) is 0 Å². The predicted molar refractivity (Wildman–Crippen MR) is 198 cm³/mol. The summed E-state index contributed by atoms with van der Waals surface area (Å²) in [5, 5.41) is 0. The average molecular weight is 601 g/mol. The van der Waals surface area contributed by atoms with Crippen molar-refractivity contribution < 1.29 is 9.47 Å². The van der Waals surface area contributed by atoms with Crippen LogP contribution in [0.2, 0.25) is 0 Å². The SMILES string of the molecule is COC(C)(C)C/C=C/C(C)=C/C=C/C(C)=C/CC/C(C)=C/C=C/C=C(C)/C=C/C=C(C)/C=C/C=C(\C)CCCC(C)(C)OC. The van der Waals surface area contributed by atoms with Crippen molar-refractivity contribution in [3.05, 3.63) is 131 Å². The number of ether oxygens (including phenoxy) is 2. The Morgan fingerprint density at radius 2 is 0.977 bits per heavy atom. The summed E-state index contributed by atoms with van der Waals surface area (Å²) in [6.07, 6.45) is 40.9. The largest absolute Gasteiger partial charge is 0.379 e. The van der Waals surface area contributed by atoms with E-state index in [1.807, 2.05) is 0 Å². The lowest BCUT2D eigenvalue weighted by Gasteiger charge is -2.22. The molecule has 0 N–H and O–H groups in total. The number of allylic oxidation sites excluding steroid dienone is 21. The van der Waals surface area contributed by atoms with Crippen LogP contribution < -0.4 is 0 Å². The third-order valence-corrected chi connectivity index (χ3v) is 7.48. The fourth-order valence-electron chi connectivity index (χ4n) is 3.93. The minimum absolute atomic E-state index is 0.0338. The van der Waals surface area contributed by atoms with Crippen molar-refractivity contribution in [1.82, 2.24) is 0 Å². The minimum atomic E-state index is -0.114. The summed E-state index contributed by atoms with van der Waals surface area (Å²) in [4.78, 5) is 0. The van der Waals surface area contributed by atoms with Crippen LogP contribution in [-0.4, -0.2) is 25.4 Å². The Labute approximate surface area is 272 Å². The first-order valence-electron chi connectivity index (χ1n) is 16.2. The molecule has 0 atom stereocenters. The summed E-state index contributed by atoms with van der Waals surface area (Å²) in [6.45, 7) is 21.4. The standard InChI is InChI=1S/C42H64O2/c1-35(23-15-25-37(3)27-17-29-39(5)31-19-33-41(7,8)43-11)21-13-14-22-36(2)24-16-26-38(4)28-18-30-40(6)32-20-34-42(9,10)44-12/h13-15,17-18,20-23,25-30,32H,16,19,24,31,33-34H2,1-12H3/b14-13+,23-15+,27-17+,28-18+,32-20+,35-21+,36-22+,37-25+,38-26+,39-29+,40-30+. The van der Waals surface area contributed by atoms with Gasteiger partial charge in [0.15, 0.2) is 0 Å². The van der Waals surface area contributed by atoms with Gasteiger partial charge in [0.1, 0.15) is 0 Å². The summed E-state index contributed by atoms with van der Waals surface area (Å²) in [6, 6.07) is 0. The molecule has 2 heteroatoms. The third kappa shape index (κ3) is 24.5. The summed E-state index contributed by atoms with van der Waals surface area (Å²) in [7, 11) is 3.55. The van der Waals surface area contributed by atoms with Gasteiger partial charge in [-0.3, -0.25) is 0 Å². The maximum Gasteiger partial charge on any atom is 0.0657 e. The van der Waals surface area contributed by atoms with Crippen LogP contribution in [0.1, 0.15) is 108 Å². The molecule has 0 fully saturated rings. The van der Waals surface area contributed by atoms with Crippen molar-refractivity contribution in [2.75, 3.05) is 14.2 Å². The van der Waals surface area contributed by atoms with E-state index < -0.39 is 0 Å². The maximum atomic E-state index is 5.50. The lowest BCUT2D eigenvalue weighted by Crippen LogP contribution is -2.21. The van der Waals surface area contributed by atoms with Crippen LogP contribution in [0.25, 0.3) is 0 Å². The fraction of sp³-hybridized carbons (Fsp3) is 0.476. The molecule has 0 heterocycles. The second-order valence-corrected chi connectivity index (χ2v) is 13.1. The molecule has 0 aromatic rings. The molecule has 0 saturated heterocycles. The molecule has 0 amide bonds. The van der Waals surface area contributed by atoms with Gasteiger partial charge in [0, 0.05) is 14.2 Å². The molecule has 0 radical (unpaired) electrons. The van der Waals surface area contributed by atoms with Crippen molar-refractivity contribution in [3.8, 4) is 0 Å². The van der Waals surface area contributed by atoms with Gasteiger partial charge in [-0.05, 0) is 108 Å². The first-order chi connectivity index (χ1) is 20.7. The Morgan fingerprint density at radius 1 is 0.523 bits per heavy atom. The van der Waals surface area contributed by atoms with E-state index in [2.05, 4.69) is 166 Å². The highest BCUT2D eigenvalue weighted by Gasteiger charge is 2.15. The first kappa shape index (κ1) is 41.1. The molecule has 0 rings (SSSR count). The molecule has 244 valence electrons. The van der Waals surface area contributed by atoms with Gasteiger partial charge < -0.3 is 9.47 Å². The van der Waals surface area contributed by atoms with Crippen molar-refractivity contribution in [2.24, 2.45) is 0 Å². The molecule has 0 spiro atoms. The Balaban J connectivity index is 4.61. The van der Waals surface area contributed by atoms with Crippen LogP contribution in [0.5, 0.6) is 0 Å². The van der Waals surface area contributed by atoms with E-state index in [9.17, 15) is 0 Å². The third-order valence-electron chi connectivity index (χ3n) is 7.48. The highest BCUT2D eigenvalue weighted by molar-refractivity contribution is 5.31. The van der Waals surface area contributed by atoms with Gasteiger partial charge >= 0.3 is 0 Å². The lowest BCUT2D eigenvalue weighted by atomic mass is 9.99. The molecular formula is C42H64O2. The first-order valence-corrected chi connectivity index (χ1v) is 16.2. The van der Waals surface area contributed by atoms with E-state index in [0.29, 0.717) is 0 Å². The molecule has 0 aliphatic rings. The zero-order chi connectivity index (χ0) is 33.4. The van der Waals surface area contributed by atoms with E-state index in [-0.39, 0.29) is 11.2 Å². The van der Waals surface area contributed by atoms with E-state index in [0.717, 1.165) is 38.5 Å². The van der Waals surface area contributed by atoms with E-state index in [1.165, 1.54) is 33.4 Å². The predicted octanol–water partition coefficient (Wildman–Crippen LogP) is 12.6. The molecule has 2 nitrogen and oxygen atoms in total. The fourth-order valence-corrected chi connectivity index (χ4v) is 3.93. The molecule has 0 unspecified atom stereocenters. The molecule has 0 aliphatic heterocycles. The molecule has 0 saturated carbocycles. The second kappa shape index (κ2) is 23.4. The lowest BCUT2D eigenvalue weighted by molar-refractivity contribution is 0.0140. The van der Waals surface area contributed by atoms with Gasteiger partial charge in [-0.2, -0.15) is 0 Å². The van der Waals surface area contributed by atoms with Gasteiger partial charge in [-0.1, -0.05) is 131 Å². The summed E-state index contributed by atoms with van der Waals surface area (Å²) < 4.78 is 11.0. The van der Waals surface area contributed by atoms with E-state index in [4.69, 9.17) is 9.47 Å². The Bertz CT molecular complexity index is 1160. The zero-order valence-electron chi connectivity index (χ0n) is 30.3. The molecule has 0 bridgehead atoms. The smallest absolute Gasteiger partial charge is 0.0657 e. The maximum absolute atomic E-state index is 5.50. The van der Waals surface area contributed by atoms with Crippen molar-refractivity contribution in [3.63, 3.8) is 0 Å². The van der Waals surface area contributed by atoms with E-state index >= 15 is 0 Å². The summed E-state index contributed by atoms with van der Waals surface area (Å²) >= 11 is 0. The highest BCUT2D eigenvalue weighted by atomic mass is 16.5. The monoisotopic (exact) mass is 600 g/mol. The second-order valence-electron chi connectivity index (χ2n) is 13.1. The Morgan fingerprint density at radius 3 is 1.57 bits per heavy atom. The topological polar surface area (TPSA) is 18.5 Å². The van der Waals surface area contributed by atoms with Crippen molar-refractivity contribution >= 4 is 0 Å². The highest BCUT2D eigenvalue weighted by Crippen LogP contribution is 2.19. The Kier molecular flexibility index (Phi) is 21.9. The van der Waals surface area contributed by atoms with Crippen LogP contribution in [0.15, 0.2) is 131 Å². The number of methoxy groups -OCH3 is 2. The van der Waals surface area contributed by atoms with Crippen molar-refractivity contribution in [2.45, 2.75) is 119 Å².